The smallest absolute Gasteiger partial charge is 0.449 e. The summed E-state index contributed by atoms with van der Waals surface area (Å²) >= 11 is 0. The fraction of sp³-hybridized carbons (Fsp3) is 0.300. The van der Waals surface area contributed by atoms with Crippen molar-refractivity contribution in [2.75, 3.05) is 7.11 Å². The van der Waals surface area contributed by atoms with Crippen LogP contribution in [-0.4, -0.2) is 22.6 Å². The number of aryl methyl sites for hydroxylation is 1. The molecule has 0 spiro atoms. The summed E-state index contributed by atoms with van der Waals surface area (Å²) < 4.78 is 46.3. The second kappa shape index (κ2) is 7.53. The molecule has 5 nitrogen and oxygen atoms in total. The van der Waals surface area contributed by atoms with E-state index in [-0.39, 0.29) is 11.0 Å². The van der Waals surface area contributed by atoms with Gasteiger partial charge in [0.25, 0.3) is 0 Å². The minimum absolute atomic E-state index is 0.191. The summed E-state index contributed by atoms with van der Waals surface area (Å²) in [5, 5.41) is 2.74. The summed E-state index contributed by atoms with van der Waals surface area (Å²) in [6.07, 6.45) is -4.66. The van der Waals surface area contributed by atoms with Crippen LogP contribution in [0.15, 0.2) is 42.5 Å². The Morgan fingerprint density at radius 3 is 2.64 bits per heavy atom. The zero-order valence-corrected chi connectivity index (χ0v) is 15.7. The SMILES string of the molecule is COc1ccc(C)cc1C(C)NC(=O)Cn1c(C(F)(F)F)nc2ccccc21. The van der Waals surface area contributed by atoms with Crippen molar-refractivity contribution in [2.24, 2.45) is 0 Å². The number of nitrogens with one attached hydrogen (secondary N) is 1. The van der Waals surface area contributed by atoms with Crippen LogP contribution >= 0.6 is 0 Å². The molecule has 1 amide bonds. The minimum atomic E-state index is -4.66. The molecule has 0 bridgehead atoms. The fourth-order valence-corrected chi connectivity index (χ4v) is 3.15. The molecule has 2 aromatic carbocycles. The van der Waals surface area contributed by atoms with Crippen LogP contribution in [0.2, 0.25) is 0 Å². The molecule has 0 aliphatic carbocycles. The van der Waals surface area contributed by atoms with Gasteiger partial charge in [0.05, 0.1) is 24.2 Å². The fourth-order valence-electron chi connectivity index (χ4n) is 3.15. The standard InChI is InChI=1S/C20H20F3N3O2/c1-12-8-9-17(28-3)14(10-12)13(2)24-18(27)11-26-16-7-5-4-6-15(16)25-19(26)20(21,22)23/h4-10,13H,11H2,1-3H3,(H,24,27). The highest BCUT2D eigenvalue weighted by Gasteiger charge is 2.38. The second-order valence-electron chi connectivity index (χ2n) is 6.54. The molecule has 1 unspecified atom stereocenters. The highest BCUT2D eigenvalue weighted by molar-refractivity contribution is 5.81. The lowest BCUT2D eigenvalue weighted by Gasteiger charge is -2.19. The van der Waals surface area contributed by atoms with Crippen LogP contribution < -0.4 is 10.1 Å². The monoisotopic (exact) mass is 391 g/mol. The van der Waals surface area contributed by atoms with Gasteiger partial charge >= 0.3 is 6.18 Å². The van der Waals surface area contributed by atoms with Crippen molar-refractivity contribution in [3.05, 3.63) is 59.4 Å². The Morgan fingerprint density at radius 1 is 1.25 bits per heavy atom. The maximum absolute atomic E-state index is 13.4. The highest BCUT2D eigenvalue weighted by Crippen LogP contribution is 2.31. The van der Waals surface area contributed by atoms with Crippen LogP contribution in [0, 0.1) is 6.92 Å². The van der Waals surface area contributed by atoms with E-state index < -0.39 is 30.5 Å². The average Bonchev–Trinajstić information content (AvgIpc) is 3.00. The van der Waals surface area contributed by atoms with Crippen molar-refractivity contribution < 1.29 is 22.7 Å². The molecule has 28 heavy (non-hydrogen) atoms. The van der Waals surface area contributed by atoms with Gasteiger partial charge in [-0.2, -0.15) is 13.2 Å². The Labute approximate surface area is 160 Å². The number of aromatic nitrogens is 2. The number of alkyl halides is 3. The third-order valence-corrected chi connectivity index (χ3v) is 4.44. The Hall–Kier alpha value is -3.03. The summed E-state index contributed by atoms with van der Waals surface area (Å²) in [4.78, 5) is 16.2. The number of carbonyl (C=O) groups excluding carboxylic acids is 1. The number of fused-ring (bicyclic) bond motifs is 1. The maximum Gasteiger partial charge on any atom is 0.449 e. The number of benzene rings is 2. The number of rotatable bonds is 5. The van der Waals surface area contributed by atoms with Gasteiger partial charge in [-0.25, -0.2) is 4.98 Å². The van der Waals surface area contributed by atoms with Crippen LogP contribution in [0.1, 0.15) is 29.9 Å². The van der Waals surface area contributed by atoms with E-state index in [1.165, 1.54) is 19.2 Å². The van der Waals surface area contributed by atoms with E-state index >= 15 is 0 Å². The van der Waals surface area contributed by atoms with E-state index in [0.29, 0.717) is 5.75 Å². The first-order chi connectivity index (χ1) is 13.2. The molecular weight excluding hydrogens is 371 g/mol. The van der Waals surface area contributed by atoms with E-state index in [1.807, 2.05) is 19.1 Å². The molecule has 3 aromatic rings. The summed E-state index contributed by atoms with van der Waals surface area (Å²) in [7, 11) is 1.52. The largest absolute Gasteiger partial charge is 0.496 e. The first kappa shape index (κ1) is 19.7. The van der Waals surface area contributed by atoms with Crippen molar-refractivity contribution in [1.29, 1.82) is 0 Å². The molecule has 0 aliphatic rings. The molecular formula is C20H20F3N3O2. The van der Waals surface area contributed by atoms with Crippen molar-refractivity contribution in [3.8, 4) is 5.75 Å². The van der Waals surface area contributed by atoms with Gasteiger partial charge in [0.1, 0.15) is 12.3 Å². The van der Waals surface area contributed by atoms with Crippen molar-refractivity contribution in [2.45, 2.75) is 32.6 Å². The molecule has 1 atom stereocenters. The first-order valence-corrected chi connectivity index (χ1v) is 8.67. The van der Waals surface area contributed by atoms with Gasteiger partial charge in [-0.15, -0.1) is 0 Å². The Bertz CT molecular complexity index is 1010. The van der Waals surface area contributed by atoms with Gasteiger partial charge < -0.3 is 14.6 Å². The van der Waals surface area contributed by atoms with Crippen molar-refractivity contribution >= 4 is 16.9 Å². The van der Waals surface area contributed by atoms with Gasteiger partial charge in [0, 0.05) is 5.56 Å². The Balaban J connectivity index is 1.87. The molecule has 3 rings (SSSR count). The van der Waals surface area contributed by atoms with Crippen LogP contribution in [-0.2, 0) is 17.5 Å². The Kier molecular flexibility index (Phi) is 5.31. The van der Waals surface area contributed by atoms with Crippen LogP contribution in [0.25, 0.3) is 11.0 Å². The topological polar surface area (TPSA) is 56.1 Å². The molecule has 148 valence electrons. The number of imidazole rings is 1. The number of nitrogens with zero attached hydrogens (tertiary/aromatic N) is 2. The molecule has 1 heterocycles. The second-order valence-corrected chi connectivity index (χ2v) is 6.54. The normalized spacial score (nSPS) is 12.8. The first-order valence-electron chi connectivity index (χ1n) is 8.67. The number of ether oxygens (including phenoxy) is 1. The van der Waals surface area contributed by atoms with Gasteiger partial charge in [0.2, 0.25) is 11.7 Å². The predicted molar refractivity (Wildman–Crippen MR) is 99.0 cm³/mol. The molecule has 0 aliphatic heterocycles. The lowest BCUT2D eigenvalue weighted by Crippen LogP contribution is -2.31. The third-order valence-electron chi connectivity index (χ3n) is 4.44. The average molecular weight is 391 g/mol. The zero-order valence-electron chi connectivity index (χ0n) is 15.7. The lowest BCUT2D eigenvalue weighted by atomic mass is 10.0. The molecule has 0 fully saturated rings. The summed E-state index contributed by atoms with van der Waals surface area (Å²) in [5.41, 5.74) is 2.18. The number of methoxy groups -OCH3 is 1. The summed E-state index contributed by atoms with van der Waals surface area (Å²) in [6.45, 7) is 3.17. The highest BCUT2D eigenvalue weighted by atomic mass is 19.4. The predicted octanol–water partition coefficient (Wildman–Crippen LogP) is 4.25. The van der Waals surface area contributed by atoms with E-state index in [2.05, 4.69) is 10.3 Å². The number of hydrogen-bond donors (Lipinski definition) is 1. The minimum Gasteiger partial charge on any atom is -0.496 e. The summed E-state index contributed by atoms with van der Waals surface area (Å²) in [6, 6.07) is 11.3. The third kappa shape index (κ3) is 3.95. The molecule has 1 aromatic heterocycles. The molecule has 8 heteroatoms. The number of halogens is 3. The van der Waals surface area contributed by atoms with E-state index in [1.54, 1.807) is 25.1 Å². The molecule has 0 radical (unpaired) electrons. The molecule has 0 saturated heterocycles. The Morgan fingerprint density at radius 2 is 1.96 bits per heavy atom. The van der Waals surface area contributed by atoms with E-state index in [9.17, 15) is 18.0 Å². The quantitative estimate of drug-likeness (QED) is 0.708. The lowest BCUT2D eigenvalue weighted by molar-refractivity contribution is -0.147. The van der Waals surface area contributed by atoms with E-state index in [0.717, 1.165) is 15.7 Å². The van der Waals surface area contributed by atoms with E-state index in [4.69, 9.17) is 4.74 Å². The van der Waals surface area contributed by atoms with Crippen LogP contribution in [0.5, 0.6) is 5.75 Å². The number of amides is 1. The summed E-state index contributed by atoms with van der Waals surface area (Å²) in [5.74, 6) is -1.04. The van der Waals surface area contributed by atoms with Crippen molar-refractivity contribution in [1.82, 2.24) is 14.9 Å². The van der Waals surface area contributed by atoms with Gasteiger partial charge in [-0.3, -0.25) is 4.79 Å². The van der Waals surface area contributed by atoms with Gasteiger partial charge in [-0.1, -0.05) is 29.8 Å². The van der Waals surface area contributed by atoms with Crippen LogP contribution in [0.3, 0.4) is 0 Å². The van der Waals surface area contributed by atoms with Crippen LogP contribution in [0.4, 0.5) is 13.2 Å². The number of carbonyl (C=O) groups is 1. The number of hydrogen-bond acceptors (Lipinski definition) is 3. The molecule has 0 saturated carbocycles. The maximum atomic E-state index is 13.4. The van der Waals surface area contributed by atoms with Crippen molar-refractivity contribution in [3.63, 3.8) is 0 Å². The zero-order chi connectivity index (χ0) is 20.5. The van der Waals surface area contributed by atoms with Gasteiger partial charge in [0.15, 0.2) is 0 Å². The number of para-hydroxylation sites is 2. The molecule has 1 N–H and O–H groups in total. The van der Waals surface area contributed by atoms with Gasteiger partial charge in [-0.05, 0) is 32.0 Å².